The molecule has 1 aliphatic heterocycles. The summed E-state index contributed by atoms with van der Waals surface area (Å²) in [6.45, 7) is 1.31. The molecule has 1 unspecified atom stereocenters. The summed E-state index contributed by atoms with van der Waals surface area (Å²) in [5.74, 6) is -3.35. The van der Waals surface area contributed by atoms with Gasteiger partial charge in [0, 0.05) is 19.0 Å². The van der Waals surface area contributed by atoms with Gasteiger partial charge < -0.3 is 10.6 Å². The van der Waals surface area contributed by atoms with Crippen molar-refractivity contribution in [2.45, 2.75) is 31.7 Å². The van der Waals surface area contributed by atoms with Crippen LogP contribution in [0.3, 0.4) is 0 Å². The molecule has 7 heteroatoms. The Morgan fingerprint density at radius 1 is 1.60 bits per heavy atom. The largest absolute Gasteiger partial charge is 0.328 e. The Kier molecular flexibility index (Phi) is 4.39. The number of likely N-dealkylation sites (tertiary alicyclic amines) is 1. The lowest BCUT2D eigenvalue weighted by Crippen LogP contribution is -2.54. The lowest BCUT2D eigenvalue weighted by atomic mass is 9.98. The van der Waals surface area contributed by atoms with Crippen LogP contribution in [0.25, 0.3) is 0 Å². The van der Waals surface area contributed by atoms with E-state index in [1.807, 2.05) is 0 Å². The first-order chi connectivity index (χ1) is 9.34. The number of halogens is 3. The minimum atomic E-state index is -2.86. The van der Waals surface area contributed by atoms with Crippen molar-refractivity contribution in [3.8, 4) is 0 Å². The highest BCUT2D eigenvalue weighted by Gasteiger charge is 2.42. The maximum Gasteiger partial charge on any atom is 0.273 e. The topological polar surface area (TPSA) is 59.2 Å². The van der Waals surface area contributed by atoms with Crippen molar-refractivity contribution in [1.29, 1.82) is 0 Å². The molecule has 2 N–H and O–H groups in total. The van der Waals surface area contributed by atoms with Crippen LogP contribution in [0.15, 0.2) is 16.7 Å². The van der Waals surface area contributed by atoms with Crippen LogP contribution in [-0.4, -0.2) is 40.8 Å². The normalized spacial score (nSPS) is 21.9. The van der Waals surface area contributed by atoms with Crippen molar-refractivity contribution in [3.05, 3.63) is 28.0 Å². The predicted molar refractivity (Wildman–Crippen MR) is 74.7 cm³/mol. The zero-order chi connectivity index (χ0) is 14.9. The second kappa shape index (κ2) is 5.73. The number of carbonyl (C=O) groups excluding carboxylic acids is 1. The highest BCUT2D eigenvalue weighted by Crippen LogP contribution is 2.31. The van der Waals surface area contributed by atoms with Crippen LogP contribution in [0.4, 0.5) is 8.78 Å². The molecule has 2 heterocycles. The molecule has 0 aromatic carbocycles. The lowest BCUT2D eigenvalue weighted by Gasteiger charge is -2.39. The number of nitrogens with two attached hydrogens (primary N) is 1. The number of pyridine rings is 1. The molecule has 1 saturated heterocycles. The highest BCUT2D eigenvalue weighted by molar-refractivity contribution is 9.10. The molecule has 1 amide bonds. The summed E-state index contributed by atoms with van der Waals surface area (Å²) in [5, 5.41) is 0. The fraction of sp³-hybridized carbons (Fsp3) is 0.538. The molecule has 110 valence electrons. The Bertz CT molecular complexity index is 524. The van der Waals surface area contributed by atoms with Gasteiger partial charge >= 0.3 is 0 Å². The third-order valence-corrected chi connectivity index (χ3v) is 3.93. The number of carbonyl (C=O) groups is 1. The number of amides is 1. The second-order valence-corrected chi connectivity index (χ2v) is 5.83. The fourth-order valence-electron chi connectivity index (χ4n) is 2.33. The summed E-state index contributed by atoms with van der Waals surface area (Å²) in [6, 6.07) is 3.07. The molecule has 0 bridgehead atoms. The van der Waals surface area contributed by atoms with Crippen molar-refractivity contribution >= 4 is 21.8 Å². The molecule has 1 fully saturated rings. The molecule has 0 saturated carbocycles. The Hall–Kier alpha value is -1.08. The number of piperidine rings is 1. The maximum absolute atomic E-state index is 13.6. The van der Waals surface area contributed by atoms with Crippen LogP contribution in [0.5, 0.6) is 0 Å². The smallest absolute Gasteiger partial charge is 0.273 e. The van der Waals surface area contributed by atoms with E-state index < -0.39 is 18.4 Å². The van der Waals surface area contributed by atoms with Gasteiger partial charge in [-0.1, -0.05) is 6.07 Å². The van der Waals surface area contributed by atoms with Gasteiger partial charge in [-0.3, -0.25) is 4.79 Å². The first kappa shape index (κ1) is 15.3. The zero-order valence-electron chi connectivity index (χ0n) is 11.1. The number of hydrogen-bond acceptors (Lipinski definition) is 3. The van der Waals surface area contributed by atoms with Crippen molar-refractivity contribution in [3.63, 3.8) is 0 Å². The summed E-state index contributed by atoms with van der Waals surface area (Å²) in [7, 11) is 0. The number of rotatable bonds is 2. The van der Waals surface area contributed by atoms with Gasteiger partial charge in [0.05, 0.1) is 6.54 Å². The molecular weight excluding hydrogens is 332 g/mol. The van der Waals surface area contributed by atoms with Gasteiger partial charge in [0.2, 0.25) is 0 Å². The van der Waals surface area contributed by atoms with Gasteiger partial charge in [0.15, 0.2) is 0 Å². The van der Waals surface area contributed by atoms with E-state index in [9.17, 15) is 13.6 Å². The van der Waals surface area contributed by atoms with E-state index in [4.69, 9.17) is 5.73 Å². The van der Waals surface area contributed by atoms with E-state index in [1.165, 1.54) is 0 Å². The highest BCUT2D eigenvalue weighted by atomic mass is 79.9. The summed E-state index contributed by atoms with van der Waals surface area (Å²) < 4.78 is 27.6. The molecule has 1 aliphatic rings. The molecule has 2 rings (SSSR count). The number of aromatic nitrogens is 1. The third-order valence-electron chi connectivity index (χ3n) is 3.48. The number of hydrogen-bond donors (Lipinski definition) is 1. The van der Waals surface area contributed by atoms with Crippen LogP contribution in [0.2, 0.25) is 0 Å². The average Bonchev–Trinajstić information content (AvgIpc) is 2.40. The van der Waals surface area contributed by atoms with Crippen molar-refractivity contribution < 1.29 is 13.6 Å². The van der Waals surface area contributed by atoms with E-state index in [0.29, 0.717) is 10.2 Å². The van der Waals surface area contributed by atoms with Gasteiger partial charge in [0.25, 0.3) is 11.8 Å². The van der Waals surface area contributed by atoms with Gasteiger partial charge in [-0.2, -0.15) is 0 Å². The minimum Gasteiger partial charge on any atom is -0.328 e. The second-order valence-electron chi connectivity index (χ2n) is 5.02. The predicted octanol–water partition coefficient (Wildman–Crippen LogP) is 2.35. The molecule has 1 aromatic heterocycles. The van der Waals surface area contributed by atoms with Crippen LogP contribution in [0.1, 0.15) is 28.9 Å². The average molecular weight is 348 g/mol. The summed E-state index contributed by atoms with van der Waals surface area (Å²) >= 11 is 3.19. The van der Waals surface area contributed by atoms with E-state index in [0.717, 1.165) is 4.90 Å². The maximum atomic E-state index is 13.6. The molecule has 20 heavy (non-hydrogen) atoms. The molecular formula is C13H16BrF2N3O. The summed E-state index contributed by atoms with van der Waals surface area (Å²) in [4.78, 5) is 17.7. The van der Waals surface area contributed by atoms with Gasteiger partial charge in [-0.15, -0.1) is 0 Å². The number of nitrogens with zero attached hydrogens (tertiary/aromatic N) is 2. The molecule has 0 aliphatic carbocycles. The van der Waals surface area contributed by atoms with Crippen LogP contribution >= 0.6 is 15.9 Å². The lowest BCUT2D eigenvalue weighted by molar-refractivity contribution is -0.0708. The van der Waals surface area contributed by atoms with Crippen molar-refractivity contribution in [2.24, 2.45) is 5.73 Å². The SMILES string of the molecule is Cc1ccc(Br)nc1C(=O)N1CC(F)(F)CCC1CN. The van der Waals surface area contributed by atoms with E-state index >= 15 is 0 Å². The molecule has 0 radical (unpaired) electrons. The first-order valence-corrected chi connectivity index (χ1v) is 7.15. The van der Waals surface area contributed by atoms with Gasteiger partial charge in [-0.05, 0) is 40.9 Å². The summed E-state index contributed by atoms with van der Waals surface area (Å²) in [6.07, 6.45) is -0.0220. The quantitative estimate of drug-likeness (QED) is 0.835. The molecule has 4 nitrogen and oxygen atoms in total. The van der Waals surface area contributed by atoms with Crippen LogP contribution in [0, 0.1) is 6.92 Å². The monoisotopic (exact) mass is 347 g/mol. The van der Waals surface area contributed by atoms with Gasteiger partial charge in [0.1, 0.15) is 10.3 Å². The Morgan fingerprint density at radius 2 is 2.30 bits per heavy atom. The van der Waals surface area contributed by atoms with E-state index in [2.05, 4.69) is 20.9 Å². The van der Waals surface area contributed by atoms with Gasteiger partial charge in [-0.25, -0.2) is 13.8 Å². The molecule has 1 atom stereocenters. The molecule has 0 spiro atoms. The minimum absolute atomic E-state index is 0.175. The standard InChI is InChI=1S/C13H16BrF2N3O/c1-8-2-3-10(14)18-11(8)12(20)19-7-13(15,16)5-4-9(19)6-17/h2-3,9H,4-7,17H2,1H3. The molecule has 1 aromatic rings. The fourth-order valence-corrected chi connectivity index (χ4v) is 2.64. The van der Waals surface area contributed by atoms with Crippen molar-refractivity contribution in [1.82, 2.24) is 9.88 Å². The van der Waals surface area contributed by atoms with E-state index in [1.54, 1.807) is 19.1 Å². The number of aryl methyl sites for hydroxylation is 1. The van der Waals surface area contributed by atoms with Crippen LogP contribution < -0.4 is 5.73 Å². The number of alkyl halides is 2. The first-order valence-electron chi connectivity index (χ1n) is 6.36. The third kappa shape index (κ3) is 3.15. The summed E-state index contributed by atoms with van der Waals surface area (Å²) in [5.41, 5.74) is 6.44. The van der Waals surface area contributed by atoms with Crippen LogP contribution in [-0.2, 0) is 0 Å². The Balaban J connectivity index is 2.31. The zero-order valence-corrected chi connectivity index (χ0v) is 12.7. The Morgan fingerprint density at radius 3 is 2.95 bits per heavy atom. The van der Waals surface area contributed by atoms with Crippen molar-refractivity contribution in [2.75, 3.05) is 13.1 Å². The van der Waals surface area contributed by atoms with E-state index in [-0.39, 0.29) is 31.1 Å². The Labute approximate surface area is 124 Å².